The number of likely N-dealkylation sites (N-methyl/N-ethyl adjacent to an activating group) is 1. The number of unbranched alkanes of at least 4 members (excludes halogenated alkanes) is 2. The lowest BCUT2D eigenvalue weighted by atomic mass is 9.81. The highest BCUT2D eigenvalue weighted by molar-refractivity contribution is 14.1. The van der Waals surface area contributed by atoms with Crippen LogP contribution in [-0.2, 0) is 34.6 Å². The van der Waals surface area contributed by atoms with Crippen molar-refractivity contribution >= 4 is 74.1 Å². The van der Waals surface area contributed by atoms with Crippen molar-refractivity contribution in [1.29, 1.82) is 0 Å². The Labute approximate surface area is 355 Å². The molecule has 9 nitrogen and oxygen atoms in total. The SMILES string of the molecule is Cc1ccc2c(c1)C(C)(C)C(/C=C/C=C/C=C/C=C1\N(C)c3cc(I)cc(I)c3C1(C)C)=[N+]2CCCCCC(=O)NCCOCCOCCOCCC(=O)O. The number of nitrogens with one attached hydrogen (secondary N) is 1. The zero-order chi connectivity index (χ0) is 40.0. The first-order chi connectivity index (χ1) is 26.2. The quantitative estimate of drug-likeness (QED) is 0.0527. The first kappa shape index (κ1) is 44.9. The molecule has 2 aromatic carbocycles. The van der Waals surface area contributed by atoms with Gasteiger partial charge in [0.15, 0.2) is 5.71 Å². The van der Waals surface area contributed by atoms with Crippen LogP contribution >= 0.6 is 45.2 Å². The van der Waals surface area contributed by atoms with Crippen molar-refractivity contribution in [3.05, 3.63) is 102 Å². The molecule has 2 heterocycles. The first-order valence-corrected chi connectivity index (χ1v) is 21.3. The van der Waals surface area contributed by atoms with Crippen molar-refractivity contribution in [2.24, 2.45) is 0 Å². The van der Waals surface area contributed by atoms with E-state index in [9.17, 15) is 9.59 Å². The summed E-state index contributed by atoms with van der Waals surface area (Å²) in [6, 6.07) is 11.3. The molecule has 2 aliphatic rings. The summed E-state index contributed by atoms with van der Waals surface area (Å²) in [7, 11) is 2.16. The Hall–Kier alpha value is -2.85. The van der Waals surface area contributed by atoms with Crippen molar-refractivity contribution in [1.82, 2.24) is 5.32 Å². The number of benzene rings is 2. The van der Waals surface area contributed by atoms with Gasteiger partial charge in [-0.05, 0) is 103 Å². The minimum Gasteiger partial charge on any atom is -0.481 e. The number of aliphatic carboxylic acids is 1. The number of rotatable bonds is 22. The predicted molar refractivity (Wildman–Crippen MR) is 239 cm³/mol. The molecule has 11 heteroatoms. The van der Waals surface area contributed by atoms with Crippen molar-refractivity contribution < 1.29 is 33.5 Å². The van der Waals surface area contributed by atoms with Gasteiger partial charge in [-0.3, -0.25) is 9.59 Å². The molecule has 0 aliphatic carbocycles. The average molecular weight is 979 g/mol. The zero-order valence-electron chi connectivity index (χ0n) is 33.3. The number of carboxylic acids is 1. The molecule has 55 heavy (non-hydrogen) atoms. The molecule has 298 valence electrons. The Morgan fingerprint density at radius 2 is 1.51 bits per heavy atom. The Morgan fingerprint density at radius 3 is 2.24 bits per heavy atom. The molecular formula is C44H58I2N3O6+. The van der Waals surface area contributed by atoms with Gasteiger partial charge in [-0.1, -0.05) is 55.9 Å². The van der Waals surface area contributed by atoms with E-state index in [1.807, 2.05) is 0 Å². The largest absolute Gasteiger partial charge is 0.481 e. The maximum Gasteiger partial charge on any atom is 0.305 e. The second kappa shape index (κ2) is 21.6. The molecule has 0 saturated heterocycles. The summed E-state index contributed by atoms with van der Waals surface area (Å²) < 4.78 is 21.1. The van der Waals surface area contributed by atoms with Gasteiger partial charge in [0, 0.05) is 73.6 Å². The van der Waals surface area contributed by atoms with Crippen LogP contribution in [0.2, 0.25) is 0 Å². The second-order valence-electron chi connectivity index (χ2n) is 15.0. The minimum atomic E-state index is -0.877. The Morgan fingerprint density at radius 1 is 0.836 bits per heavy atom. The Kier molecular flexibility index (Phi) is 17.6. The number of anilines is 1. The number of nitrogens with zero attached hydrogens (tertiary/aromatic N) is 2. The molecular weight excluding hydrogens is 920 g/mol. The van der Waals surface area contributed by atoms with Crippen LogP contribution in [0.5, 0.6) is 0 Å². The highest BCUT2D eigenvalue weighted by Gasteiger charge is 2.44. The summed E-state index contributed by atoms with van der Waals surface area (Å²) in [4.78, 5) is 25.2. The molecule has 0 atom stereocenters. The summed E-state index contributed by atoms with van der Waals surface area (Å²) in [5, 5.41) is 11.5. The van der Waals surface area contributed by atoms with E-state index >= 15 is 0 Å². The lowest BCUT2D eigenvalue weighted by molar-refractivity contribution is -0.438. The van der Waals surface area contributed by atoms with E-state index in [1.54, 1.807) is 0 Å². The van der Waals surface area contributed by atoms with Gasteiger partial charge in [0.05, 0.1) is 51.5 Å². The first-order valence-electron chi connectivity index (χ1n) is 19.2. The molecule has 1 amide bonds. The summed E-state index contributed by atoms with van der Waals surface area (Å²) in [6.07, 6.45) is 18.4. The van der Waals surface area contributed by atoms with Gasteiger partial charge in [0.25, 0.3) is 0 Å². The number of carbonyl (C=O) groups excluding carboxylic acids is 1. The average Bonchev–Trinajstić information content (AvgIpc) is 3.44. The van der Waals surface area contributed by atoms with E-state index in [-0.39, 0.29) is 29.8 Å². The number of hydrogen-bond acceptors (Lipinski definition) is 6. The van der Waals surface area contributed by atoms with Gasteiger partial charge in [0.2, 0.25) is 11.6 Å². The van der Waals surface area contributed by atoms with Crippen LogP contribution in [0.15, 0.2) is 78.6 Å². The molecule has 2 N–H and O–H groups in total. The van der Waals surface area contributed by atoms with Crippen LogP contribution in [0.3, 0.4) is 0 Å². The Balaban J connectivity index is 1.23. The standard InChI is InChI=1S/C44H57I2N3O6/c1-32-18-19-36-34(29-32)43(2,3)39(16-12-9-7-8-11-15-38-44(4,5)42-35(46)30-33(45)31-37(42)48(38)6)49(36)22-14-10-13-17-40(50)47-21-24-54-26-28-55-27-25-53-23-20-41(51)52/h7-9,11-12,15-16,18-19,29-31H,10,13-14,17,20-28H2,1-6H3,(H-,47,50,51,52)/p+1. The molecule has 0 unspecified atom stereocenters. The van der Waals surface area contributed by atoms with Crippen LogP contribution < -0.4 is 10.2 Å². The molecule has 0 radical (unpaired) electrons. The van der Waals surface area contributed by atoms with E-state index in [2.05, 4.69) is 175 Å². The molecule has 2 aromatic rings. The topological polar surface area (TPSA) is 100 Å². The lowest BCUT2D eigenvalue weighted by Gasteiger charge is -2.24. The van der Waals surface area contributed by atoms with Gasteiger partial charge in [-0.15, -0.1) is 0 Å². The number of ether oxygens (including phenoxy) is 3. The van der Waals surface area contributed by atoms with Crippen LogP contribution in [0, 0.1) is 14.1 Å². The third-order valence-corrected chi connectivity index (χ3v) is 11.6. The molecule has 0 bridgehead atoms. The monoisotopic (exact) mass is 978 g/mol. The van der Waals surface area contributed by atoms with Gasteiger partial charge >= 0.3 is 5.97 Å². The summed E-state index contributed by atoms with van der Waals surface area (Å²) in [6.45, 7) is 14.9. The second-order valence-corrected chi connectivity index (χ2v) is 17.4. The number of fused-ring (bicyclic) bond motifs is 2. The number of aryl methyl sites for hydroxylation is 1. The maximum absolute atomic E-state index is 12.4. The van der Waals surface area contributed by atoms with Crippen molar-refractivity contribution in [2.45, 2.75) is 77.6 Å². The minimum absolute atomic E-state index is 0.0110. The number of allylic oxidation sites excluding steroid dienone is 8. The van der Waals surface area contributed by atoms with Crippen LogP contribution in [0.1, 0.15) is 76.5 Å². The van der Waals surface area contributed by atoms with E-state index < -0.39 is 5.97 Å². The molecule has 4 rings (SSSR count). The molecule has 2 aliphatic heterocycles. The van der Waals surface area contributed by atoms with Crippen molar-refractivity contribution in [2.75, 3.05) is 64.7 Å². The fraction of sp³-hybridized carbons (Fsp3) is 0.477. The zero-order valence-corrected chi connectivity index (χ0v) is 37.6. The summed E-state index contributed by atoms with van der Waals surface area (Å²) in [5.41, 5.74) is 8.95. The van der Waals surface area contributed by atoms with E-state index in [0.29, 0.717) is 46.0 Å². The number of hydrogen-bond donors (Lipinski definition) is 2. The number of amides is 1. The van der Waals surface area contributed by atoms with Gasteiger partial charge in [0.1, 0.15) is 6.54 Å². The van der Waals surface area contributed by atoms with Crippen LogP contribution in [0.25, 0.3) is 0 Å². The molecule has 0 spiro atoms. The third-order valence-electron chi connectivity index (χ3n) is 10.1. The van der Waals surface area contributed by atoms with E-state index in [4.69, 9.17) is 19.3 Å². The van der Waals surface area contributed by atoms with Crippen molar-refractivity contribution in [3.8, 4) is 0 Å². The van der Waals surface area contributed by atoms with Crippen LogP contribution in [0.4, 0.5) is 11.4 Å². The number of halogens is 2. The molecule has 0 aromatic heterocycles. The fourth-order valence-corrected chi connectivity index (χ4v) is 9.73. The highest BCUT2D eigenvalue weighted by Crippen LogP contribution is 2.49. The van der Waals surface area contributed by atoms with Crippen LogP contribution in [-0.4, -0.2) is 87.0 Å². The van der Waals surface area contributed by atoms with E-state index in [1.165, 1.54) is 46.6 Å². The third kappa shape index (κ3) is 12.6. The van der Waals surface area contributed by atoms with E-state index in [0.717, 1.165) is 25.8 Å². The summed E-state index contributed by atoms with van der Waals surface area (Å²) >= 11 is 4.87. The van der Waals surface area contributed by atoms with Gasteiger partial charge in [-0.25, -0.2) is 0 Å². The lowest BCUT2D eigenvalue weighted by Crippen LogP contribution is -2.28. The molecule has 0 saturated carbocycles. The number of carbonyl (C=O) groups is 2. The molecule has 0 fully saturated rings. The summed E-state index contributed by atoms with van der Waals surface area (Å²) in [5.74, 6) is -0.833. The van der Waals surface area contributed by atoms with Gasteiger partial charge in [-0.2, -0.15) is 4.58 Å². The normalized spacial score (nSPS) is 16.7. The number of carboxylic acid groups (broad SMARTS) is 1. The van der Waals surface area contributed by atoms with Crippen molar-refractivity contribution in [3.63, 3.8) is 0 Å². The van der Waals surface area contributed by atoms with Gasteiger partial charge < -0.3 is 29.5 Å². The Bertz CT molecular complexity index is 1810. The fourth-order valence-electron chi connectivity index (χ4n) is 7.24. The smallest absolute Gasteiger partial charge is 0.305 e. The maximum atomic E-state index is 12.4. The predicted octanol–water partition coefficient (Wildman–Crippen LogP) is 8.76. The highest BCUT2D eigenvalue weighted by atomic mass is 127.